The molecule has 10 nitrogen and oxygen atoms in total. The number of hydrogen-bond donors (Lipinski definition) is 1. The summed E-state index contributed by atoms with van der Waals surface area (Å²) in [6.45, 7) is -0.591. The zero-order valence-electron chi connectivity index (χ0n) is 11.8. The Kier molecular flexibility index (Phi) is 5.22. The van der Waals surface area contributed by atoms with E-state index in [0.29, 0.717) is 0 Å². The zero-order chi connectivity index (χ0) is 17.7. The monoisotopic (exact) mass is 352 g/mol. The highest BCUT2D eigenvalue weighted by Crippen LogP contribution is 2.28. The first-order valence-electron chi connectivity index (χ1n) is 6.34. The zero-order valence-corrected chi connectivity index (χ0v) is 12.6. The normalized spacial score (nSPS) is 10.0. The number of aromatic nitrogens is 1. The molecular formula is C13H9ClN4O6. The Labute approximate surface area is 139 Å². The van der Waals surface area contributed by atoms with Crippen LogP contribution in [0.15, 0.2) is 36.5 Å². The summed E-state index contributed by atoms with van der Waals surface area (Å²) in [6, 6.07) is 6.42. The largest absolute Gasteiger partial charge is 0.476 e. The van der Waals surface area contributed by atoms with Gasteiger partial charge in [0, 0.05) is 11.1 Å². The van der Waals surface area contributed by atoms with Gasteiger partial charge in [-0.1, -0.05) is 11.6 Å². The molecule has 1 aromatic carbocycles. The van der Waals surface area contributed by atoms with E-state index in [-0.39, 0.29) is 22.1 Å². The first-order valence-corrected chi connectivity index (χ1v) is 6.72. The van der Waals surface area contributed by atoms with E-state index >= 15 is 0 Å². The fourth-order valence-corrected chi connectivity index (χ4v) is 1.89. The number of amides is 1. The molecule has 0 saturated heterocycles. The van der Waals surface area contributed by atoms with Crippen LogP contribution >= 0.6 is 11.6 Å². The number of rotatable bonds is 6. The number of nitrogens with zero attached hydrogens (tertiary/aromatic N) is 3. The summed E-state index contributed by atoms with van der Waals surface area (Å²) in [5.41, 5.74) is -0.457. The molecule has 0 aliphatic carbocycles. The van der Waals surface area contributed by atoms with Crippen LogP contribution in [0, 0.1) is 20.2 Å². The van der Waals surface area contributed by atoms with Gasteiger partial charge in [0.25, 0.3) is 11.6 Å². The SMILES string of the molecule is O=C(COc1cccnc1[N+](=O)[O-])Nc1ccc(Cl)cc1[N+](=O)[O-]. The van der Waals surface area contributed by atoms with Gasteiger partial charge in [-0.25, -0.2) is 0 Å². The fourth-order valence-electron chi connectivity index (χ4n) is 1.72. The maximum absolute atomic E-state index is 11.8. The molecule has 0 spiro atoms. The van der Waals surface area contributed by atoms with E-state index in [4.69, 9.17) is 16.3 Å². The molecule has 0 radical (unpaired) electrons. The maximum atomic E-state index is 11.8. The van der Waals surface area contributed by atoms with Crippen LogP contribution in [0.3, 0.4) is 0 Å². The molecule has 2 rings (SSSR count). The first-order chi connectivity index (χ1) is 11.4. The van der Waals surface area contributed by atoms with Crippen molar-refractivity contribution in [1.29, 1.82) is 0 Å². The minimum atomic E-state index is -0.753. The minimum Gasteiger partial charge on any atom is -0.476 e. The Morgan fingerprint density at radius 3 is 2.67 bits per heavy atom. The number of pyridine rings is 1. The topological polar surface area (TPSA) is 138 Å². The second-order valence-corrected chi connectivity index (χ2v) is 4.77. The maximum Gasteiger partial charge on any atom is 0.406 e. The quantitative estimate of drug-likeness (QED) is 0.622. The van der Waals surface area contributed by atoms with E-state index in [9.17, 15) is 25.0 Å². The summed E-state index contributed by atoms with van der Waals surface area (Å²) in [4.78, 5) is 35.6. The van der Waals surface area contributed by atoms with Crippen LogP contribution in [0.5, 0.6) is 5.75 Å². The average molecular weight is 353 g/mol. The predicted molar refractivity (Wildman–Crippen MR) is 83.1 cm³/mol. The van der Waals surface area contributed by atoms with Crippen LogP contribution in [0.2, 0.25) is 5.02 Å². The third-order valence-corrected chi connectivity index (χ3v) is 2.95. The summed E-state index contributed by atoms with van der Waals surface area (Å²) in [6.07, 6.45) is 1.21. The molecule has 1 heterocycles. The molecule has 0 aliphatic heterocycles. The molecule has 0 aliphatic rings. The number of halogens is 1. The van der Waals surface area contributed by atoms with Crippen molar-refractivity contribution in [3.8, 4) is 5.75 Å². The van der Waals surface area contributed by atoms with Crippen molar-refractivity contribution in [1.82, 2.24) is 4.98 Å². The molecule has 0 saturated carbocycles. The van der Waals surface area contributed by atoms with E-state index in [2.05, 4.69) is 10.3 Å². The van der Waals surface area contributed by atoms with Gasteiger partial charge >= 0.3 is 5.82 Å². The van der Waals surface area contributed by atoms with Crippen molar-refractivity contribution in [2.24, 2.45) is 0 Å². The molecule has 0 fully saturated rings. The van der Waals surface area contributed by atoms with Crippen molar-refractivity contribution >= 4 is 34.7 Å². The van der Waals surface area contributed by atoms with Crippen molar-refractivity contribution in [2.75, 3.05) is 11.9 Å². The number of carbonyl (C=O) groups excluding carboxylic acids is 1. The molecule has 0 atom stereocenters. The lowest BCUT2D eigenvalue weighted by molar-refractivity contribution is -0.390. The molecule has 1 N–H and O–H groups in total. The van der Waals surface area contributed by atoms with Gasteiger partial charge in [-0.05, 0) is 34.2 Å². The summed E-state index contributed by atoms with van der Waals surface area (Å²) in [7, 11) is 0. The average Bonchev–Trinajstić information content (AvgIpc) is 2.54. The molecule has 124 valence electrons. The van der Waals surface area contributed by atoms with Gasteiger partial charge in [0.15, 0.2) is 6.61 Å². The fraction of sp³-hybridized carbons (Fsp3) is 0.0769. The van der Waals surface area contributed by atoms with Crippen LogP contribution in [-0.4, -0.2) is 27.3 Å². The summed E-state index contributed by atoms with van der Waals surface area (Å²) in [5.74, 6) is -1.47. The van der Waals surface area contributed by atoms with E-state index in [1.54, 1.807) is 0 Å². The summed E-state index contributed by atoms with van der Waals surface area (Å²) >= 11 is 5.67. The Hall–Kier alpha value is -3.27. The molecule has 24 heavy (non-hydrogen) atoms. The highest BCUT2D eigenvalue weighted by atomic mass is 35.5. The van der Waals surface area contributed by atoms with Crippen LogP contribution in [0.1, 0.15) is 0 Å². The van der Waals surface area contributed by atoms with Gasteiger partial charge in [0.2, 0.25) is 5.75 Å². The number of carbonyl (C=O) groups is 1. The molecular weight excluding hydrogens is 344 g/mol. The number of hydrogen-bond acceptors (Lipinski definition) is 7. The molecule has 0 bridgehead atoms. The highest BCUT2D eigenvalue weighted by molar-refractivity contribution is 6.31. The Bertz CT molecular complexity index is 813. The van der Waals surface area contributed by atoms with Crippen molar-refractivity contribution in [3.05, 3.63) is 61.8 Å². The number of nitro benzene ring substituents is 1. The highest BCUT2D eigenvalue weighted by Gasteiger charge is 2.19. The van der Waals surface area contributed by atoms with Crippen LogP contribution in [0.4, 0.5) is 17.2 Å². The number of nitro groups is 2. The Morgan fingerprint density at radius 1 is 1.25 bits per heavy atom. The van der Waals surface area contributed by atoms with E-state index in [1.807, 2.05) is 0 Å². The second kappa shape index (κ2) is 7.33. The van der Waals surface area contributed by atoms with Crippen LogP contribution in [0.25, 0.3) is 0 Å². The summed E-state index contributed by atoms with van der Waals surface area (Å²) in [5, 5.41) is 24.1. The second-order valence-electron chi connectivity index (χ2n) is 4.34. The number of nitrogens with one attached hydrogen (secondary N) is 1. The molecule has 1 amide bonds. The standard InChI is InChI=1S/C13H9ClN4O6/c14-8-3-4-9(10(6-8)17(20)21)16-12(19)7-24-11-2-1-5-15-13(11)18(22)23/h1-6H,7H2,(H,16,19). The molecule has 0 unspecified atom stereocenters. The van der Waals surface area contributed by atoms with Crippen molar-refractivity contribution in [3.63, 3.8) is 0 Å². The van der Waals surface area contributed by atoms with Gasteiger partial charge in [-0.2, -0.15) is 0 Å². The molecule has 11 heteroatoms. The lowest BCUT2D eigenvalue weighted by atomic mass is 10.2. The van der Waals surface area contributed by atoms with Gasteiger partial charge in [-0.15, -0.1) is 0 Å². The van der Waals surface area contributed by atoms with E-state index in [0.717, 1.165) is 6.07 Å². The van der Waals surface area contributed by atoms with Crippen LogP contribution in [-0.2, 0) is 4.79 Å². The molecule has 1 aromatic heterocycles. The van der Waals surface area contributed by atoms with E-state index < -0.39 is 28.2 Å². The smallest absolute Gasteiger partial charge is 0.406 e. The van der Waals surface area contributed by atoms with E-state index in [1.165, 1.54) is 30.5 Å². The van der Waals surface area contributed by atoms with Gasteiger partial charge in [-0.3, -0.25) is 14.9 Å². The third kappa shape index (κ3) is 4.14. The Morgan fingerprint density at radius 2 is 2.00 bits per heavy atom. The van der Waals surface area contributed by atoms with Gasteiger partial charge in [0.1, 0.15) is 11.9 Å². The Balaban J connectivity index is 2.08. The predicted octanol–water partition coefficient (Wildman–Crippen LogP) is 2.57. The number of anilines is 1. The van der Waals surface area contributed by atoms with Gasteiger partial charge in [0.05, 0.1) is 4.92 Å². The van der Waals surface area contributed by atoms with Crippen LogP contribution < -0.4 is 10.1 Å². The number of ether oxygens (including phenoxy) is 1. The van der Waals surface area contributed by atoms with Crippen molar-refractivity contribution < 1.29 is 19.4 Å². The first kappa shape index (κ1) is 17.1. The molecule has 2 aromatic rings. The number of benzene rings is 1. The lowest BCUT2D eigenvalue weighted by Crippen LogP contribution is -2.21. The summed E-state index contributed by atoms with van der Waals surface area (Å²) < 4.78 is 5.04. The van der Waals surface area contributed by atoms with Gasteiger partial charge < -0.3 is 20.2 Å². The minimum absolute atomic E-state index is 0.0707. The van der Waals surface area contributed by atoms with Crippen molar-refractivity contribution in [2.45, 2.75) is 0 Å². The third-order valence-electron chi connectivity index (χ3n) is 2.71. The lowest BCUT2D eigenvalue weighted by Gasteiger charge is -2.08.